The Kier molecular flexibility index (Phi) is 3.87. The molecule has 1 aliphatic rings. The summed E-state index contributed by atoms with van der Waals surface area (Å²) in [6, 6.07) is 5.10. The van der Waals surface area contributed by atoms with E-state index in [1.807, 2.05) is 18.2 Å². The standard InChI is InChI=1S/C14H20N2O2/c1-3-4-5-9-16-10-7-6-8-11(18-2)12(10)13(15)14(16)17/h6-8,13H,3-5,9,15H2,1-2H3. The molecule has 2 N–H and O–H groups in total. The molecule has 4 heteroatoms. The lowest BCUT2D eigenvalue weighted by Crippen LogP contribution is -2.32. The molecule has 98 valence electrons. The number of amides is 1. The highest BCUT2D eigenvalue weighted by molar-refractivity contribution is 6.05. The Bertz CT molecular complexity index is 445. The monoisotopic (exact) mass is 248 g/mol. The van der Waals surface area contributed by atoms with Gasteiger partial charge in [0.2, 0.25) is 5.91 Å². The van der Waals surface area contributed by atoms with Crippen molar-refractivity contribution in [1.82, 2.24) is 0 Å². The maximum absolute atomic E-state index is 12.2. The van der Waals surface area contributed by atoms with E-state index < -0.39 is 6.04 Å². The number of benzene rings is 1. The number of nitrogens with zero attached hydrogens (tertiary/aromatic N) is 1. The van der Waals surface area contributed by atoms with Gasteiger partial charge in [-0.2, -0.15) is 0 Å². The van der Waals surface area contributed by atoms with Crippen LogP contribution >= 0.6 is 0 Å². The van der Waals surface area contributed by atoms with E-state index in [0.717, 1.165) is 37.1 Å². The van der Waals surface area contributed by atoms with Crippen LogP contribution in [0.15, 0.2) is 18.2 Å². The van der Waals surface area contributed by atoms with Crippen molar-refractivity contribution in [3.05, 3.63) is 23.8 Å². The van der Waals surface area contributed by atoms with Crippen molar-refractivity contribution < 1.29 is 9.53 Å². The second-order valence-electron chi connectivity index (χ2n) is 4.57. The third-order valence-electron chi connectivity index (χ3n) is 3.38. The second-order valence-corrected chi connectivity index (χ2v) is 4.57. The van der Waals surface area contributed by atoms with Crippen molar-refractivity contribution >= 4 is 11.6 Å². The average Bonchev–Trinajstić information content (AvgIpc) is 2.64. The lowest BCUT2D eigenvalue weighted by molar-refractivity contribution is -0.119. The highest BCUT2D eigenvalue weighted by Gasteiger charge is 2.36. The number of methoxy groups -OCH3 is 1. The number of nitrogens with two attached hydrogens (primary N) is 1. The van der Waals surface area contributed by atoms with Crippen LogP contribution in [0.4, 0.5) is 5.69 Å². The lowest BCUT2D eigenvalue weighted by atomic mass is 10.1. The van der Waals surface area contributed by atoms with E-state index in [0.29, 0.717) is 5.75 Å². The molecule has 1 aliphatic heterocycles. The molecule has 4 nitrogen and oxygen atoms in total. The van der Waals surface area contributed by atoms with Crippen LogP contribution in [0, 0.1) is 0 Å². The van der Waals surface area contributed by atoms with Crippen LogP contribution < -0.4 is 15.4 Å². The van der Waals surface area contributed by atoms with Gasteiger partial charge in [-0.05, 0) is 18.6 Å². The zero-order valence-electron chi connectivity index (χ0n) is 11.0. The van der Waals surface area contributed by atoms with Crippen LogP contribution in [0.5, 0.6) is 5.75 Å². The second kappa shape index (κ2) is 5.40. The molecule has 0 saturated carbocycles. The van der Waals surface area contributed by atoms with Crippen LogP contribution in [0.25, 0.3) is 0 Å². The molecule has 0 bridgehead atoms. The van der Waals surface area contributed by atoms with E-state index in [-0.39, 0.29) is 5.91 Å². The van der Waals surface area contributed by atoms with Gasteiger partial charge in [-0.25, -0.2) is 0 Å². The molecule has 1 unspecified atom stereocenters. The fourth-order valence-corrected chi connectivity index (χ4v) is 2.42. The van der Waals surface area contributed by atoms with Gasteiger partial charge < -0.3 is 15.4 Å². The van der Waals surface area contributed by atoms with Gasteiger partial charge in [0, 0.05) is 12.1 Å². The molecular weight excluding hydrogens is 228 g/mol. The molecular formula is C14H20N2O2. The quantitative estimate of drug-likeness (QED) is 0.813. The molecule has 1 atom stereocenters. The van der Waals surface area contributed by atoms with Gasteiger partial charge in [0.1, 0.15) is 11.8 Å². The molecule has 18 heavy (non-hydrogen) atoms. The van der Waals surface area contributed by atoms with Crippen LogP contribution in [0.3, 0.4) is 0 Å². The molecule has 0 aliphatic carbocycles. The fourth-order valence-electron chi connectivity index (χ4n) is 2.42. The van der Waals surface area contributed by atoms with E-state index >= 15 is 0 Å². The van der Waals surface area contributed by atoms with E-state index in [4.69, 9.17) is 10.5 Å². The van der Waals surface area contributed by atoms with E-state index in [9.17, 15) is 4.79 Å². The zero-order chi connectivity index (χ0) is 13.1. The maximum Gasteiger partial charge on any atom is 0.248 e. The molecule has 1 amide bonds. The fraction of sp³-hybridized carbons (Fsp3) is 0.500. The number of fused-ring (bicyclic) bond motifs is 1. The molecule has 1 aromatic rings. The molecule has 0 saturated heterocycles. The third kappa shape index (κ3) is 2.08. The summed E-state index contributed by atoms with van der Waals surface area (Å²) in [5.41, 5.74) is 7.72. The normalized spacial score (nSPS) is 18.1. The van der Waals surface area contributed by atoms with Crippen LogP contribution in [0.1, 0.15) is 37.8 Å². The number of hydrogen-bond acceptors (Lipinski definition) is 3. The topological polar surface area (TPSA) is 55.6 Å². The molecule has 0 radical (unpaired) electrons. The van der Waals surface area contributed by atoms with Crippen LogP contribution in [-0.2, 0) is 4.79 Å². The number of hydrogen-bond donors (Lipinski definition) is 1. The van der Waals surface area contributed by atoms with Crippen molar-refractivity contribution in [3.63, 3.8) is 0 Å². The van der Waals surface area contributed by atoms with Gasteiger partial charge in [-0.1, -0.05) is 25.8 Å². The first-order chi connectivity index (χ1) is 8.70. The van der Waals surface area contributed by atoms with Gasteiger partial charge in [-0.3, -0.25) is 4.79 Å². The Morgan fingerprint density at radius 3 is 2.83 bits per heavy atom. The highest BCUT2D eigenvalue weighted by Crippen LogP contribution is 2.40. The molecule has 1 heterocycles. The Labute approximate surface area is 108 Å². The number of anilines is 1. The first kappa shape index (κ1) is 12.9. The summed E-state index contributed by atoms with van der Waals surface area (Å²) in [6.45, 7) is 2.88. The number of rotatable bonds is 5. The van der Waals surface area contributed by atoms with Crippen LogP contribution in [0.2, 0.25) is 0 Å². The SMILES string of the molecule is CCCCCN1C(=O)C(N)c2c(OC)cccc21. The van der Waals surface area contributed by atoms with E-state index in [2.05, 4.69) is 6.92 Å². The summed E-state index contributed by atoms with van der Waals surface area (Å²) in [7, 11) is 1.60. The van der Waals surface area contributed by atoms with E-state index in [1.165, 1.54) is 0 Å². The zero-order valence-corrected chi connectivity index (χ0v) is 11.0. The number of unbranched alkanes of at least 4 members (excludes halogenated alkanes) is 2. The summed E-state index contributed by atoms with van der Waals surface area (Å²) in [6.07, 6.45) is 3.27. The minimum absolute atomic E-state index is 0.0226. The Hall–Kier alpha value is -1.55. The lowest BCUT2D eigenvalue weighted by Gasteiger charge is -2.17. The van der Waals surface area contributed by atoms with Gasteiger partial charge >= 0.3 is 0 Å². The minimum atomic E-state index is -0.585. The first-order valence-electron chi connectivity index (χ1n) is 6.44. The summed E-state index contributed by atoms with van der Waals surface area (Å²) < 4.78 is 5.29. The van der Waals surface area contributed by atoms with Crippen molar-refractivity contribution in [2.45, 2.75) is 32.2 Å². The van der Waals surface area contributed by atoms with Gasteiger partial charge in [0.05, 0.1) is 12.8 Å². The Morgan fingerprint density at radius 1 is 1.39 bits per heavy atom. The average molecular weight is 248 g/mol. The summed E-state index contributed by atoms with van der Waals surface area (Å²) in [5, 5.41) is 0. The highest BCUT2D eigenvalue weighted by atomic mass is 16.5. The molecule has 1 aromatic carbocycles. The first-order valence-corrected chi connectivity index (χ1v) is 6.44. The molecule has 0 spiro atoms. The summed E-state index contributed by atoms with van der Waals surface area (Å²) in [4.78, 5) is 14.0. The van der Waals surface area contributed by atoms with Gasteiger partial charge in [0.15, 0.2) is 0 Å². The number of ether oxygens (including phenoxy) is 1. The Morgan fingerprint density at radius 2 is 2.17 bits per heavy atom. The van der Waals surface area contributed by atoms with Crippen LogP contribution in [-0.4, -0.2) is 19.6 Å². The third-order valence-corrected chi connectivity index (χ3v) is 3.38. The van der Waals surface area contributed by atoms with Crippen molar-refractivity contribution in [1.29, 1.82) is 0 Å². The van der Waals surface area contributed by atoms with E-state index in [1.54, 1.807) is 12.0 Å². The smallest absolute Gasteiger partial charge is 0.248 e. The summed E-state index contributed by atoms with van der Waals surface area (Å²) >= 11 is 0. The van der Waals surface area contributed by atoms with Gasteiger partial charge in [0.25, 0.3) is 0 Å². The molecule has 0 aromatic heterocycles. The van der Waals surface area contributed by atoms with Crippen molar-refractivity contribution in [3.8, 4) is 5.75 Å². The minimum Gasteiger partial charge on any atom is -0.496 e. The molecule has 0 fully saturated rings. The summed E-state index contributed by atoms with van der Waals surface area (Å²) in [5.74, 6) is 0.678. The Balaban J connectivity index is 2.28. The number of carbonyl (C=O) groups is 1. The largest absolute Gasteiger partial charge is 0.496 e. The maximum atomic E-state index is 12.2. The molecule has 2 rings (SSSR count). The van der Waals surface area contributed by atoms with Crippen molar-refractivity contribution in [2.24, 2.45) is 5.73 Å². The predicted octanol–water partition coefficient (Wildman–Crippen LogP) is 2.23. The number of carbonyl (C=O) groups excluding carboxylic acids is 1. The van der Waals surface area contributed by atoms with Gasteiger partial charge in [-0.15, -0.1) is 0 Å². The predicted molar refractivity (Wildman–Crippen MR) is 71.8 cm³/mol. The van der Waals surface area contributed by atoms with Crippen molar-refractivity contribution in [2.75, 3.05) is 18.6 Å².